The summed E-state index contributed by atoms with van der Waals surface area (Å²) in [5.74, 6) is 0.0174. The Morgan fingerprint density at radius 1 is 1.09 bits per heavy atom. The number of amides is 2. The second-order valence-electron chi connectivity index (χ2n) is 7.84. The number of ether oxygens (including phenoxy) is 1. The van der Waals surface area contributed by atoms with Crippen LogP contribution in [0.4, 0.5) is 26.6 Å². The lowest BCUT2D eigenvalue weighted by molar-refractivity contribution is 0.103. The Labute approximate surface area is 196 Å². The third-order valence-electron chi connectivity index (χ3n) is 5.65. The first-order valence-electron chi connectivity index (χ1n) is 10.8. The highest BCUT2D eigenvalue weighted by Gasteiger charge is 2.24. The van der Waals surface area contributed by atoms with E-state index in [0.29, 0.717) is 43.2 Å². The van der Waals surface area contributed by atoms with Crippen molar-refractivity contribution in [3.8, 4) is 5.75 Å². The van der Waals surface area contributed by atoms with Crippen molar-refractivity contribution >= 4 is 29.3 Å². The fraction of sp³-hybridized carbons (Fsp3) is 0.250. The number of methoxy groups -OCH3 is 1. The van der Waals surface area contributed by atoms with Crippen molar-refractivity contribution in [3.05, 3.63) is 71.7 Å². The van der Waals surface area contributed by atoms with Crippen LogP contribution in [0.5, 0.6) is 5.75 Å². The van der Waals surface area contributed by atoms with Crippen molar-refractivity contribution in [2.24, 2.45) is 0 Å². The summed E-state index contributed by atoms with van der Waals surface area (Å²) in [6.45, 7) is 0.968. The third-order valence-corrected chi connectivity index (χ3v) is 5.65. The lowest BCUT2D eigenvalue weighted by Crippen LogP contribution is -2.44. The van der Waals surface area contributed by atoms with Crippen molar-refractivity contribution in [3.63, 3.8) is 0 Å². The quantitative estimate of drug-likeness (QED) is 0.477. The van der Waals surface area contributed by atoms with Gasteiger partial charge in [-0.3, -0.25) is 4.79 Å². The van der Waals surface area contributed by atoms with Gasteiger partial charge in [-0.2, -0.15) is 4.98 Å². The minimum Gasteiger partial charge on any atom is -0.496 e. The van der Waals surface area contributed by atoms with Gasteiger partial charge in [0, 0.05) is 25.3 Å². The number of nitrogens with two attached hydrogens (primary N) is 1. The molecule has 4 rings (SSSR count). The first-order chi connectivity index (χ1) is 16.5. The molecule has 0 radical (unpaired) electrons. The number of hydrogen-bond donors (Lipinski definition) is 3. The van der Waals surface area contributed by atoms with Crippen LogP contribution in [-0.2, 0) is 0 Å². The minimum atomic E-state index is -0.477. The van der Waals surface area contributed by atoms with E-state index in [1.165, 1.54) is 25.4 Å². The number of ketones is 1. The molecule has 2 amide bonds. The molecule has 0 saturated carbocycles. The molecular weight excluding hydrogens is 439 g/mol. The molecule has 10 heteroatoms. The predicted octanol–water partition coefficient (Wildman–Crippen LogP) is 3.55. The van der Waals surface area contributed by atoms with Crippen LogP contribution in [0.3, 0.4) is 0 Å². The maximum atomic E-state index is 13.8. The van der Waals surface area contributed by atoms with Crippen LogP contribution < -0.4 is 21.1 Å². The molecular formula is C24H25FN6O3. The summed E-state index contributed by atoms with van der Waals surface area (Å²) in [6, 6.07) is 12.6. The molecule has 1 saturated heterocycles. The number of likely N-dealkylation sites (tertiary alicyclic amines) is 1. The van der Waals surface area contributed by atoms with Crippen LogP contribution in [-0.4, -0.2) is 52.9 Å². The van der Waals surface area contributed by atoms with Crippen molar-refractivity contribution in [2.45, 2.75) is 18.9 Å². The fourth-order valence-electron chi connectivity index (χ4n) is 3.78. The molecule has 1 fully saturated rings. The van der Waals surface area contributed by atoms with E-state index in [9.17, 15) is 14.0 Å². The highest BCUT2D eigenvalue weighted by molar-refractivity contribution is 6.13. The van der Waals surface area contributed by atoms with Crippen molar-refractivity contribution < 1.29 is 18.7 Å². The fourth-order valence-corrected chi connectivity index (χ4v) is 3.78. The Balaban J connectivity index is 1.34. The summed E-state index contributed by atoms with van der Waals surface area (Å²) in [5, 5.41) is 5.81. The number of hydrogen-bond acceptors (Lipinski definition) is 7. The first-order valence-corrected chi connectivity index (χ1v) is 10.8. The minimum absolute atomic E-state index is 0.0210. The smallest absolute Gasteiger partial charge is 0.321 e. The van der Waals surface area contributed by atoms with Gasteiger partial charge < -0.3 is 26.0 Å². The van der Waals surface area contributed by atoms with E-state index in [2.05, 4.69) is 20.6 Å². The number of nitrogen functional groups attached to an aromatic ring is 1. The number of piperidine rings is 1. The second kappa shape index (κ2) is 10.2. The summed E-state index contributed by atoms with van der Waals surface area (Å²) in [7, 11) is 1.49. The topological polar surface area (TPSA) is 122 Å². The van der Waals surface area contributed by atoms with Gasteiger partial charge in [-0.05, 0) is 37.1 Å². The molecule has 0 aliphatic carbocycles. The number of aromatic nitrogens is 2. The number of para-hydroxylation sites is 2. The number of carbonyl (C=O) groups excluding carboxylic acids is 2. The van der Waals surface area contributed by atoms with E-state index >= 15 is 0 Å². The standard InChI is InChI=1S/C24H25FN6O3/c1-34-20-9-5-2-6-16(20)21(32)17-14-27-23(30-22(17)26)28-15-10-12-31(13-11-15)24(33)29-19-8-4-3-7-18(19)25/h2-9,14-15H,10-13H2,1H3,(H,29,33)(H3,26,27,28,30). The Morgan fingerprint density at radius 3 is 2.50 bits per heavy atom. The van der Waals surface area contributed by atoms with Gasteiger partial charge in [0.25, 0.3) is 0 Å². The van der Waals surface area contributed by atoms with Gasteiger partial charge >= 0.3 is 6.03 Å². The molecule has 0 bridgehead atoms. The number of nitrogens with one attached hydrogen (secondary N) is 2. The number of halogens is 1. The van der Waals surface area contributed by atoms with Gasteiger partial charge in [0.15, 0.2) is 0 Å². The monoisotopic (exact) mass is 464 g/mol. The van der Waals surface area contributed by atoms with Gasteiger partial charge in [0.05, 0.1) is 23.9 Å². The van der Waals surface area contributed by atoms with Crippen molar-refractivity contribution in [1.82, 2.24) is 14.9 Å². The third kappa shape index (κ3) is 5.06. The molecule has 1 aromatic heterocycles. The average molecular weight is 465 g/mol. The van der Waals surface area contributed by atoms with Gasteiger partial charge in [-0.25, -0.2) is 14.2 Å². The van der Waals surface area contributed by atoms with Crippen LogP contribution in [0.1, 0.15) is 28.8 Å². The zero-order valence-electron chi connectivity index (χ0n) is 18.6. The molecule has 9 nitrogen and oxygen atoms in total. The molecule has 0 unspecified atom stereocenters. The van der Waals surface area contributed by atoms with Crippen LogP contribution in [0.15, 0.2) is 54.7 Å². The molecule has 2 aromatic carbocycles. The van der Waals surface area contributed by atoms with Gasteiger partial charge in [-0.1, -0.05) is 24.3 Å². The largest absolute Gasteiger partial charge is 0.496 e. The second-order valence-corrected chi connectivity index (χ2v) is 7.84. The van der Waals surface area contributed by atoms with Crippen LogP contribution in [0.25, 0.3) is 0 Å². The average Bonchev–Trinajstić information content (AvgIpc) is 2.85. The maximum absolute atomic E-state index is 13.8. The van der Waals surface area contributed by atoms with E-state index in [1.54, 1.807) is 41.3 Å². The van der Waals surface area contributed by atoms with Crippen molar-refractivity contribution in [2.75, 3.05) is 36.6 Å². The van der Waals surface area contributed by atoms with Crippen LogP contribution >= 0.6 is 0 Å². The molecule has 4 N–H and O–H groups in total. The van der Waals surface area contributed by atoms with Crippen LogP contribution in [0, 0.1) is 5.82 Å². The van der Waals surface area contributed by atoms with Gasteiger partial charge in [0.2, 0.25) is 11.7 Å². The molecule has 3 aromatic rings. The molecule has 0 atom stereocenters. The zero-order valence-corrected chi connectivity index (χ0v) is 18.6. The number of urea groups is 1. The molecule has 34 heavy (non-hydrogen) atoms. The van der Waals surface area contributed by atoms with Crippen molar-refractivity contribution in [1.29, 1.82) is 0 Å². The van der Waals surface area contributed by atoms with Gasteiger partial charge in [0.1, 0.15) is 17.4 Å². The van der Waals surface area contributed by atoms with E-state index < -0.39 is 5.82 Å². The number of anilines is 3. The Morgan fingerprint density at radius 2 is 1.79 bits per heavy atom. The summed E-state index contributed by atoms with van der Waals surface area (Å²) >= 11 is 0. The first kappa shape index (κ1) is 23.0. The summed E-state index contributed by atoms with van der Waals surface area (Å²) in [5.41, 5.74) is 6.78. The highest BCUT2D eigenvalue weighted by Crippen LogP contribution is 2.24. The number of nitrogens with zero attached hydrogens (tertiary/aromatic N) is 3. The summed E-state index contributed by atoms with van der Waals surface area (Å²) in [4.78, 5) is 35.5. The molecule has 0 spiro atoms. The predicted molar refractivity (Wildman–Crippen MR) is 127 cm³/mol. The zero-order chi connectivity index (χ0) is 24.1. The summed E-state index contributed by atoms with van der Waals surface area (Å²) < 4.78 is 19.0. The molecule has 2 heterocycles. The highest BCUT2D eigenvalue weighted by atomic mass is 19.1. The van der Waals surface area contributed by atoms with E-state index in [0.717, 1.165) is 0 Å². The SMILES string of the molecule is COc1ccccc1C(=O)c1cnc(NC2CCN(C(=O)Nc3ccccc3F)CC2)nc1N. The Bertz CT molecular complexity index is 1200. The number of carbonyl (C=O) groups is 2. The normalized spacial score (nSPS) is 13.9. The lowest BCUT2D eigenvalue weighted by Gasteiger charge is -2.32. The number of rotatable bonds is 6. The maximum Gasteiger partial charge on any atom is 0.321 e. The summed E-state index contributed by atoms with van der Waals surface area (Å²) in [6.07, 6.45) is 2.70. The van der Waals surface area contributed by atoms with E-state index in [4.69, 9.17) is 10.5 Å². The lowest BCUT2D eigenvalue weighted by atomic mass is 10.0. The molecule has 1 aliphatic rings. The number of benzene rings is 2. The van der Waals surface area contributed by atoms with E-state index in [-0.39, 0.29) is 34.9 Å². The Kier molecular flexibility index (Phi) is 6.86. The molecule has 1 aliphatic heterocycles. The molecule has 176 valence electrons. The van der Waals surface area contributed by atoms with Gasteiger partial charge in [-0.15, -0.1) is 0 Å². The van der Waals surface area contributed by atoms with E-state index in [1.807, 2.05) is 0 Å². The van der Waals surface area contributed by atoms with Crippen LogP contribution in [0.2, 0.25) is 0 Å². The Hall–Kier alpha value is -4.21.